The molecule has 2 N–H and O–H groups in total. The highest BCUT2D eigenvalue weighted by atomic mass is 35.5. The maximum absolute atomic E-state index is 6.08. The fourth-order valence-corrected chi connectivity index (χ4v) is 3.24. The smallest absolute Gasteiger partial charge is 0.202 e. The normalized spacial score (nSPS) is 27.8. The molecule has 1 saturated carbocycles. The van der Waals surface area contributed by atoms with Crippen LogP contribution in [-0.4, -0.2) is 14.5 Å². The van der Waals surface area contributed by atoms with Gasteiger partial charge in [0.1, 0.15) is 5.52 Å². The fraction of sp³-hybridized carbons (Fsp3) is 0.571. The first-order chi connectivity index (χ1) is 9.06. The number of hydrogen-bond donors (Lipinski definition) is 1. The van der Waals surface area contributed by atoms with Crippen LogP contribution in [0, 0.1) is 11.8 Å². The summed E-state index contributed by atoms with van der Waals surface area (Å²) in [5.41, 5.74) is 7.73. The van der Waals surface area contributed by atoms with Gasteiger partial charge in [-0.25, -0.2) is 9.97 Å². The number of hydrogen-bond acceptors (Lipinski definition) is 3. The van der Waals surface area contributed by atoms with Gasteiger partial charge in [-0.3, -0.25) is 4.57 Å². The number of nitrogens with zero attached hydrogens (tertiary/aromatic N) is 3. The maximum atomic E-state index is 6.08. The number of nitrogens with two attached hydrogens (primary N) is 1. The van der Waals surface area contributed by atoms with E-state index in [4.69, 9.17) is 17.3 Å². The Kier molecular flexibility index (Phi) is 3.13. The zero-order valence-electron chi connectivity index (χ0n) is 11.3. The SMILES string of the molecule is CC1CCC(n2c(N)nc3cc(Cl)cnc32)CC1C. The second-order valence-electron chi connectivity index (χ2n) is 5.76. The van der Waals surface area contributed by atoms with Crippen LogP contribution in [0.5, 0.6) is 0 Å². The molecule has 0 spiro atoms. The van der Waals surface area contributed by atoms with Gasteiger partial charge in [0.05, 0.1) is 5.02 Å². The summed E-state index contributed by atoms with van der Waals surface area (Å²) in [5, 5.41) is 0.600. The van der Waals surface area contributed by atoms with E-state index < -0.39 is 0 Å². The number of halogens is 1. The summed E-state index contributed by atoms with van der Waals surface area (Å²) in [4.78, 5) is 8.80. The summed E-state index contributed by atoms with van der Waals surface area (Å²) < 4.78 is 2.09. The molecule has 3 atom stereocenters. The number of anilines is 1. The van der Waals surface area contributed by atoms with Gasteiger partial charge in [0.2, 0.25) is 5.95 Å². The van der Waals surface area contributed by atoms with E-state index in [1.807, 2.05) is 6.07 Å². The molecular weight excluding hydrogens is 260 g/mol. The maximum Gasteiger partial charge on any atom is 0.202 e. The molecule has 2 heterocycles. The molecule has 2 aromatic heterocycles. The summed E-state index contributed by atoms with van der Waals surface area (Å²) in [5.74, 6) is 2.05. The zero-order valence-corrected chi connectivity index (χ0v) is 12.1. The topological polar surface area (TPSA) is 56.7 Å². The Labute approximate surface area is 118 Å². The van der Waals surface area contributed by atoms with Gasteiger partial charge in [-0.15, -0.1) is 0 Å². The second kappa shape index (κ2) is 4.67. The van der Waals surface area contributed by atoms with Crippen LogP contribution in [0.3, 0.4) is 0 Å². The third kappa shape index (κ3) is 2.18. The number of nitrogen functional groups attached to an aromatic ring is 1. The monoisotopic (exact) mass is 278 g/mol. The van der Waals surface area contributed by atoms with Crippen LogP contribution in [0.4, 0.5) is 5.95 Å². The van der Waals surface area contributed by atoms with E-state index in [-0.39, 0.29) is 0 Å². The first kappa shape index (κ1) is 12.7. The summed E-state index contributed by atoms with van der Waals surface area (Å²) in [6.45, 7) is 4.64. The highest BCUT2D eigenvalue weighted by Crippen LogP contribution is 2.38. The molecule has 102 valence electrons. The lowest BCUT2D eigenvalue weighted by molar-refractivity contribution is 0.214. The lowest BCUT2D eigenvalue weighted by atomic mass is 9.79. The molecule has 0 amide bonds. The number of pyridine rings is 1. The predicted molar refractivity (Wildman–Crippen MR) is 78.2 cm³/mol. The number of rotatable bonds is 1. The van der Waals surface area contributed by atoms with Crippen molar-refractivity contribution in [3.05, 3.63) is 17.3 Å². The Morgan fingerprint density at radius 1 is 1.32 bits per heavy atom. The van der Waals surface area contributed by atoms with Crippen molar-refractivity contribution in [2.45, 2.75) is 39.2 Å². The van der Waals surface area contributed by atoms with E-state index in [9.17, 15) is 0 Å². The van der Waals surface area contributed by atoms with Crippen LogP contribution < -0.4 is 5.73 Å². The highest BCUT2D eigenvalue weighted by Gasteiger charge is 2.28. The van der Waals surface area contributed by atoms with Crippen LogP contribution >= 0.6 is 11.6 Å². The van der Waals surface area contributed by atoms with Gasteiger partial charge in [-0.05, 0) is 37.2 Å². The summed E-state index contributed by atoms with van der Waals surface area (Å²) in [7, 11) is 0. The predicted octanol–water partition coefficient (Wildman–Crippen LogP) is 3.66. The molecule has 0 aliphatic heterocycles. The zero-order chi connectivity index (χ0) is 13.6. The van der Waals surface area contributed by atoms with Gasteiger partial charge >= 0.3 is 0 Å². The number of fused-ring (bicyclic) bond motifs is 1. The van der Waals surface area contributed by atoms with Crippen molar-refractivity contribution in [2.24, 2.45) is 11.8 Å². The van der Waals surface area contributed by atoms with Gasteiger partial charge in [0.15, 0.2) is 5.65 Å². The molecule has 2 aromatic rings. The molecular formula is C14H19ClN4. The van der Waals surface area contributed by atoms with E-state index in [0.29, 0.717) is 22.9 Å². The summed E-state index contributed by atoms with van der Waals surface area (Å²) >= 11 is 5.96. The van der Waals surface area contributed by atoms with Crippen molar-refractivity contribution in [1.82, 2.24) is 14.5 Å². The van der Waals surface area contributed by atoms with E-state index in [1.165, 1.54) is 6.42 Å². The Hall–Kier alpha value is -1.29. The van der Waals surface area contributed by atoms with Crippen LogP contribution in [0.25, 0.3) is 11.2 Å². The van der Waals surface area contributed by atoms with E-state index in [2.05, 4.69) is 28.4 Å². The molecule has 3 unspecified atom stereocenters. The van der Waals surface area contributed by atoms with Gasteiger partial charge in [-0.1, -0.05) is 25.4 Å². The van der Waals surface area contributed by atoms with E-state index in [0.717, 1.165) is 29.9 Å². The Bertz CT molecular complexity index is 607. The molecule has 19 heavy (non-hydrogen) atoms. The summed E-state index contributed by atoms with van der Waals surface area (Å²) in [6.07, 6.45) is 5.18. The van der Waals surface area contributed by atoms with Crippen molar-refractivity contribution in [2.75, 3.05) is 5.73 Å². The molecule has 5 heteroatoms. The third-order valence-corrected chi connectivity index (χ3v) is 4.67. The van der Waals surface area contributed by atoms with E-state index >= 15 is 0 Å². The molecule has 1 aliphatic rings. The number of imidazole rings is 1. The first-order valence-corrected chi connectivity index (χ1v) is 7.23. The quantitative estimate of drug-likeness (QED) is 0.866. The summed E-state index contributed by atoms with van der Waals surface area (Å²) in [6, 6.07) is 2.23. The minimum atomic E-state index is 0.407. The lowest BCUT2D eigenvalue weighted by Crippen LogP contribution is -2.24. The average molecular weight is 279 g/mol. The van der Waals surface area contributed by atoms with Crippen molar-refractivity contribution in [3.63, 3.8) is 0 Å². The van der Waals surface area contributed by atoms with Crippen LogP contribution in [0.15, 0.2) is 12.3 Å². The van der Waals surface area contributed by atoms with Crippen molar-refractivity contribution < 1.29 is 0 Å². The molecule has 3 rings (SSSR count). The molecule has 1 fully saturated rings. The molecule has 0 saturated heterocycles. The van der Waals surface area contributed by atoms with Gasteiger partial charge in [0.25, 0.3) is 0 Å². The lowest BCUT2D eigenvalue weighted by Gasteiger charge is -2.33. The minimum Gasteiger partial charge on any atom is -0.369 e. The molecule has 4 nitrogen and oxygen atoms in total. The first-order valence-electron chi connectivity index (χ1n) is 6.85. The molecule has 1 aliphatic carbocycles. The Morgan fingerprint density at radius 3 is 2.84 bits per heavy atom. The van der Waals surface area contributed by atoms with Crippen LogP contribution in [0.1, 0.15) is 39.2 Å². The van der Waals surface area contributed by atoms with Crippen LogP contribution in [-0.2, 0) is 0 Å². The van der Waals surface area contributed by atoms with Gasteiger partial charge in [-0.2, -0.15) is 0 Å². The third-order valence-electron chi connectivity index (χ3n) is 4.46. The standard InChI is InChI=1S/C14H19ClN4/c1-8-3-4-11(5-9(8)2)19-13-12(18-14(19)16)6-10(15)7-17-13/h6-9,11H,3-5H2,1-2H3,(H2,16,18). The van der Waals surface area contributed by atoms with Crippen LogP contribution in [0.2, 0.25) is 5.02 Å². The largest absolute Gasteiger partial charge is 0.369 e. The van der Waals surface area contributed by atoms with E-state index in [1.54, 1.807) is 6.20 Å². The molecule has 0 radical (unpaired) electrons. The molecule has 0 aromatic carbocycles. The average Bonchev–Trinajstić information content (AvgIpc) is 2.68. The van der Waals surface area contributed by atoms with Gasteiger partial charge < -0.3 is 5.73 Å². The van der Waals surface area contributed by atoms with Gasteiger partial charge in [0, 0.05) is 12.2 Å². The Morgan fingerprint density at radius 2 is 2.11 bits per heavy atom. The van der Waals surface area contributed by atoms with Crippen molar-refractivity contribution in [1.29, 1.82) is 0 Å². The fourth-order valence-electron chi connectivity index (χ4n) is 3.09. The van der Waals surface area contributed by atoms with Crippen molar-refractivity contribution >= 4 is 28.7 Å². The minimum absolute atomic E-state index is 0.407. The molecule has 0 bridgehead atoms. The second-order valence-corrected chi connectivity index (χ2v) is 6.19. The Balaban J connectivity index is 2.03. The van der Waals surface area contributed by atoms with Crippen molar-refractivity contribution in [3.8, 4) is 0 Å². The number of aromatic nitrogens is 3. The highest BCUT2D eigenvalue weighted by molar-refractivity contribution is 6.31.